The first kappa shape index (κ1) is 12.4. The molecule has 1 aliphatic rings. The molecular weight excluding hydrogens is 230 g/mol. The number of carbonyl (C=O) groups is 2. The molecule has 4 nitrogen and oxygen atoms in total. The van der Waals surface area contributed by atoms with Gasteiger partial charge in [-0.05, 0) is 23.6 Å². The Balaban J connectivity index is 2.54. The lowest BCUT2D eigenvalue weighted by atomic mass is 9.96. The molecule has 0 spiro atoms. The zero-order chi connectivity index (χ0) is 13.3. The van der Waals surface area contributed by atoms with Crippen LogP contribution in [0.15, 0.2) is 24.3 Å². The maximum Gasteiger partial charge on any atom is 0.259 e. The van der Waals surface area contributed by atoms with Gasteiger partial charge in [-0.25, -0.2) is 0 Å². The van der Waals surface area contributed by atoms with Crippen LogP contribution in [-0.4, -0.2) is 18.9 Å². The Morgan fingerprint density at radius 3 is 2.44 bits per heavy atom. The third kappa shape index (κ3) is 2.14. The van der Waals surface area contributed by atoms with Gasteiger partial charge in [0.1, 0.15) is 5.75 Å². The molecule has 0 radical (unpaired) electrons. The number of ether oxygens (including phenoxy) is 1. The van der Waals surface area contributed by atoms with Gasteiger partial charge in [0.2, 0.25) is 0 Å². The second-order valence-electron chi connectivity index (χ2n) is 4.49. The van der Waals surface area contributed by atoms with Gasteiger partial charge >= 0.3 is 0 Å². The Bertz CT molecular complexity index is 544. The van der Waals surface area contributed by atoms with Crippen LogP contribution in [0.25, 0.3) is 5.57 Å². The fraction of sp³-hybridized carbons (Fsp3) is 0.286. The summed E-state index contributed by atoms with van der Waals surface area (Å²) in [7, 11) is 1.54. The number of imide groups is 1. The van der Waals surface area contributed by atoms with E-state index < -0.39 is 0 Å². The lowest BCUT2D eigenvalue weighted by Crippen LogP contribution is -2.21. The van der Waals surface area contributed by atoms with Gasteiger partial charge in [-0.15, -0.1) is 0 Å². The third-order valence-electron chi connectivity index (χ3n) is 2.94. The SMILES string of the molecule is COc1ccc(C(C)C)cc1C1=CC(=O)NC1=O. The highest BCUT2D eigenvalue weighted by Gasteiger charge is 2.25. The fourth-order valence-electron chi connectivity index (χ4n) is 1.91. The molecule has 1 aromatic carbocycles. The normalized spacial score (nSPS) is 14.8. The van der Waals surface area contributed by atoms with Crippen LogP contribution in [0.4, 0.5) is 0 Å². The topological polar surface area (TPSA) is 55.4 Å². The number of hydrogen-bond acceptors (Lipinski definition) is 3. The van der Waals surface area contributed by atoms with Crippen molar-refractivity contribution in [3.8, 4) is 5.75 Å². The molecule has 18 heavy (non-hydrogen) atoms. The molecule has 2 rings (SSSR count). The van der Waals surface area contributed by atoms with Gasteiger partial charge in [0.25, 0.3) is 11.8 Å². The molecule has 1 heterocycles. The molecule has 1 aromatic rings. The van der Waals surface area contributed by atoms with Crippen molar-refractivity contribution < 1.29 is 14.3 Å². The Morgan fingerprint density at radius 1 is 1.22 bits per heavy atom. The van der Waals surface area contributed by atoms with Crippen LogP contribution < -0.4 is 10.1 Å². The van der Waals surface area contributed by atoms with E-state index in [9.17, 15) is 9.59 Å². The molecule has 0 unspecified atom stereocenters. The quantitative estimate of drug-likeness (QED) is 0.827. The number of rotatable bonds is 3. The van der Waals surface area contributed by atoms with E-state index in [-0.39, 0.29) is 11.8 Å². The molecule has 0 aromatic heterocycles. The van der Waals surface area contributed by atoms with Crippen molar-refractivity contribution >= 4 is 17.4 Å². The summed E-state index contributed by atoms with van der Waals surface area (Å²) in [6.45, 7) is 4.14. The van der Waals surface area contributed by atoms with E-state index in [2.05, 4.69) is 19.2 Å². The summed E-state index contributed by atoms with van der Waals surface area (Å²) in [4.78, 5) is 22.9. The molecule has 1 N–H and O–H groups in total. The summed E-state index contributed by atoms with van der Waals surface area (Å²) in [6.07, 6.45) is 1.31. The van der Waals surface area contributed by atoms with Crippen molar-refractivity contribution in [3.05, 3.63) is 35.4 Å². The second kappa shape index (κ2) is 4.64. The minimum Gasteiger partial charge on any atom is -0.496 e. The van der Waals surface area contributed by atoms with Crippen molar-refractivity contribution in [2.45, 2.75) is 19.8 Å². The molecule has 0 aliphatic carbocycles. The number of benzene rings is 1. The summed E-state index contributed by atoms with van der Waals surface area (Å²) in [5.41, 5.74) is 2.12. The lowest BCUT2D eigenvalue weighted by molar-refractivity contribution is -0.123. The predicted molar refractivity (Wildman–Crippen MR) is 68.2 cm³/mol. The van der Waals surface area contributed by atoms with Crippen LogP contribution >= 0.6 is 0 Å². The average molecular weight is 245 g/mol. The van der Waals surface area contributed by atoms with Gasteiger partial charge in [-0.1, -0.05) is 19.9 Å². The minimum atomic E-state index is -0.382. The van der Waals surface area contributed by atoms with Crippen molar-refractivity contribution in [1.82, 2.24) is 5.32 Å². The highest BCUT2D eigenvalue weighted by Crippen LogP contribution is 2.31. The van der Waals surface area contributed by atoms with Gasteiger partial charge in [0.05, 0.1) is 12.7 Å². The van der Waals surface area contributed by atoms with Crippen molar-refractivity contribution in [3.63, 3.8) is 0 Å². The first-order valence-electron chi connectivity index (χ1n) is 5.78. The van der Waals surface area contributed by atoms with E-state index in [1.165, 1.54) is 6.08 Å². The predicted octanol–water partition coefficient (Wildman–Crippen LogP) is 1.86. The van der Waals surface area contributed by atoms with Crippen LogP contribution in [0.3, 0.4) is 0 Å². The molecule has 2 amide bonds. The largest absolute Gasteiger partial charge is 0.496 e. The van der Waals surface area contributed by atoms with Crippen molar-refractivity contribution in [2.24, 2.45) is 0 Å². The molecule has 0 atom stereocenters. The molecule has 1 aliphatic heterocycles. The zero-order valence-corrected chi connectivity index (χ0v) is 10.6. The lowest BCUT2D eigenvalue weighted by Gasteiger charge is -2.12. The summed E-state index contributed by atoms with van der Waals surface area (Å²) < 4.78 is 5.24. The molecule has 0 fully saturated rings. The molecule has 0 saturated carbocycles. The highest BCUT2D eigenvalue weighted by molar-refractivity contribution is 6.33. The number of amides is 2. The first-order valence-corrected chi connectivity index (χ1v) is 5.78. The molecule has 0 saturated heterocycles. The van der Waals surface area contributed by atoms with E-state index in [1.807, 2.05) is 18.2 Å². The van der Waals surface area contributed by atoms with E-state index in [4.69, 9.17) is 4.74 Å². The molecular formula is C14H15NO3. The standard InChI is InChI=1S/C14H15NO3/c1-8(2)9-4-5-12(18-3)10(6-9)11-7-13(16)15-14(11)17/h4-8H,1-3H3,(H,15,16,17). The van der Waals surface area contributed by atoms with Crippen LogP contribution in [0.2, 0.25) is 0 Å². The summed E-state index contributed by atoms with van der Waals surface area (Å²) in [6, 6.07) is 5.68. The zero-order valence-electron chi connectivity index (χ0n) is 10.6. The van der Waals surface area contributed by atoms with Gasteiger partial charge in [0, 0.05) is 11.6 Å². The Hall–Kier alpha value is -2.10. The van der Waals surface area contributed by atoms with Gasteiger partial charge in [-0.2, -0.15) is 0 Å². The molecule has 0 bridgehead atoms. The minimum absolute atomic E-state index is 0.343. The smallest absolute Gasteiger partial charge is 0.259 e. The maximum absolute atomic E-state index is 11.7. The van der Waals surface area contributed by atoms with Crippen LogP contribution in [0.1, 0.15) is 30.9 Å². The Labute approximate surface area is 106 Å². The average Bonchev–Trinajstić information content (AvgIpc) is 2.67. The van der Waals surface area contributed by atoms with Gasteiger partial charge < -0.3 is 4.74 Å². The summed E-state index contributed by atoms with van der Waals surface area (Å²) in [5, 5.41) is 2.24. The van der Waals surface area contributed by atoms with Gasteiger partial charge in [-0.3, -0.25) is 14.9 Å². The van der Waals surface area contributed by atoms with E-state index in [0.29, 0.717) is 22.8 Å². The van der Waals surface area contributed by atoms with E-state index in [0.717, 1.165) is 5.56 Å². The van der Waals surface area contributed by atoms with Crippen molar-refractivity contribution in [2.75, 3.05) is 7.11 Å². The number of carbonyl (C=O) groups excluding carboxylic acids is 2. The van der Waals surface area contributed by atoms with Crippen molar-refractivity contribution in [1.29, 1.82) is 0 Å². The van der Waals surface area contributed by atoms with E-state index in [1.54, 1.807) is 7.11 Å². The Kier molecular flexibility index (Phi) is 3.19. The second-order valence-corrected chi connectivity index (χ2v) is 4.49. The monoisotopic (exact) mass is 245 g/mol. The number of hydrogen-bond donors (Lipinski definition) is 1. The first-order chi connectivity index (χ1) is 8.52. The fourth-order valence-corrected chi connectivity index (χ4v) is 1.91. The van der Waals surface area contributed by atoms with Crippen LogP contribution in [0, 0.1) is 0 Å². The molecule has 94 valence electrons. The third-order valence-corrected chi connectivity index (χ3v) is 2.94. The molecule has 4 heteroatoms. The summed E-state index contributed by atoms with van der Waals surface area (Å²) in [5.74, 6) is 0.178. The number of nitrogens with one attached hydrogen (secondary N) is 1. The number of methoxy groups -OCH3 is 1. The maximum atomic E-state index is 11.7. The summed E-state index contributed by atoms with van der Waals surface area (Å²) >= 11 is 0. The van der Waals surface area contributed by atoms with Gasteiger partial charge in [0.15, 0.2) is 0 Å². The van der Waals surface area contributed by atoms with E-state index >= 15 is 0 Å². The van der Waals surface area contributed by atoms with Crippen LogP contribution in [-0.2, 0) is 9.59 Å². The van der Waals surface area contributed by atoms with Crippen LogP contribution in [0.5, 0.6) is 5.75 Å². The Morgan fingerprint density at radius 2 is 1.94 bits per heavy atom. The highest BCUT2D eigenvalue weighted by atomic mass is 16.5.